The van der Waals surface area contributed by atoms with Crippen LogP contribution in [0.3, 0.4) is 0 Å². The third-order valence-electron chi connectivity index (χ3n) is 2.92. The molecule has 98 valence electrons. The van der Waals surface area contributed by atoms with Gasteiger partial charge in [-0.3, -0.25) is 4.79 Å². The van der Waals surface area contributed by atoms with E-state index in [-0.39, 0.29) is 18.1 Å². The van der Waals surface area contributed by atoms with Gasteiger partial charge in [0.25, 0.3) is 0 Å². The molecule has 6 heteroatoms. The SMILES string of the molecule is CCNC1CCN(c2cc(F)cc(F)c2F)C1=O. The maximum absolute atomic E-state index is 13.6. The molecule has 1 saturated heterocycles. The Balaban J connectivity index is 2.31. The minimum Gasteiger partial charge on any atom is -0.308 e. The lowest BCUT2D eigenvalue weighted by Gasteiger charge is -2.18. The third-order valence-corrected chi connectivity index (χ3v) is 2.92. The molecule has 0 radical (unpaired) electrons. The number of nitrogens with one attached hydrogen (secondary N) is 1. The molecule has 2 rings (SSSR count). The fourth-order valence-corrected chi connectivity index (χ4v) is 2.09. The Bertz CT molecular complexity index is 479. The minimum atomic E-state index is -1.29. The minimum absolute atomic E-state index is 0.246. The number of hydrogen-bond donors (Lipinski definition) is 1. The van der Waals surface area contributed by atoms with Gasteiger partial charge in [0.1, 0.15) is 5.82 Å². The van der Waals surface area contributed by atoms with E-state index in [1.165, 1.54) is 0 Å². The molecule has 1 fully saturated rings. The van der Waals surface area contributed by atoms with Crippen molar-refractivity contribution in [2.45, 2.75) is 19.4 Å². The number of halogens is 3. The Morgan fingerprint density at radius 1 is 1.39 bits per heavy atom. The fourth-order valence-electron chi connectivity index (χ4n) is 2.09. The number of rotatable bonds is 3. The molecule has 0 aliphatic carbocycles. The first-order valence-electron chi connectivity index (χ1n) is 5.74. The number of nitrogens with zero attached hydrogens (tertiary/aromatic N) is 1. The molecule has 1 aliphatic rings. The number of anilines is 1. The zero-order valence-electron chi connectivity index (χ0n) is 9.84. The second-order valence-electron chi connectivity index (χ2n) is 4.11. The molecule has 18 heavy (non-hydrogen) atoms. The largest absolute Gasteiger partial charge is 0.308 e. The van der Waals surface area contributed by atoms with E-state index < -0.39 is 23.5 Å². The molecule has 1 aromatic rings. The molecule has 1 atom stereocenters. The monoisotopic (exact) mass is 258 g/mol. The van der Waals surface area contributed by atoms with E-state index in [0.29, 0.717) is 19.0 Å². The molecule has 0 saturated carbocycles. The maximum Gasteiger partial charge on any atom is 0.244 e. The van der Waals surface area contributed by atoms with Crippen molar-refractivity contribution in [1.82, 2.24) is 5.32 Å². The predicted molar refractivity (Wildman–Crippen MR) is 60.8 cm³/mol. The van der Waals surface area contributed by atoms with Crippen molar-refractivity contribution in [1.29, 1.82) is 0 Å². The van der Waals surface area contributed by atoms with E-state index in [0.717, 1.165) is 11.0 Å². The van der Waals surface area contributed by atoms with Crippen LogP contribution in [0.4, 0.5) is 18.9 Å². The Labute approximate surface area is 103 Å². The summed E-state index contributed by atoms with van der Waals surface area (Å²) in [6, 6.07) is 0.881. The van der Waals surface area contributed by atoms with Gasteiger partial charge < -0.3 is 10.2 Å². The summed E-state index contributed by atoms with van der Waals surface area (Å²) in [5.74, 6) is -3.74. The molecule has 0 bridgehead atoms. The number of benzene rings is 1. The molecule has 1 amide bonds. The number of hydrogen-bond acceptors (Lipinski definition) is 2. The van der Waals surface area contributed by atoms with Crippen LogP contribution in [-0.4, -0.2) is 25.0 Å². The first-order valence-corrected chi connectivity index (χ1v) is 5.74. The normalized spacial score (nSPS) is 19.7. The van der Waals surface area contributed by atoms with E-state index in [9.17, 15) is 18.0 Å². The van der Waals surface area contributed by atoms with E-state index in [4.69, 9.17) is 0 Å². The lowest BCUT2D eigenvalue weighted by Crippen LogP contribution is -2.38. The highest BCUT2D eigenvalue weighted by atomic mass is 19.2. The van der Waals surface area contributed by atoms with Gasteiger partial charge in [-0.25, -0.2) is 13.2 Å². The smallest absolute Gasteiger partial charge is 0.244 e. The summed E-state index contributed by atoms with van der Waals surface area (Å²) in [7, 11) is 0. The summed E-state index contributed by atoms with van der Waals surface area (Å²) < 4.78 is 39.7. The van der Waals surface area contributed by atoms with Crippen LogP contribution in [0.2, 0.25) is 0 Å². The summed E-state index contributed by atoms with van der Waals surface area (Å²) in [6.07, 6.45) is 0.490. The average Bonchev–Trinajstić information content (AvgIpc) is 2.67. The fraction of sp³-hybridized carbons (Fsp3) is 0.417. The van der Waals surface area contributed by atoms with Crippen molar-refractivity contribution in [2.75, 3.05) is 18.0 Å². The number of likely N-dealkylation sites (N-methyl/N-ethyl adjacent to an activating group) is 1. The molecule has 1 heterocycles. The molecular formula is C12H13F3N2O. The van der Waals surface area contributed by atoms with Gasteiger partial charge in [-0.15, -0.1) is 0 Å². The van der Waals surface area contributed by atoms with E-state index in [1.807, 2.05) is 6.92 Å². The lowest BCUT2D eigenvalue weighted by molar-refractivity contribution is -0.118. The summed E-state index contributed by atoms with van der Waals surface area (Å²) in [4.78, 5) is 13.0. The van der Waals surface area contributed by atoms with Crippen LogP contribution in [-0.2, 0) is 4.79 Å². The van der Waals surface area contributed by atoms with Gasteiger partial charge in [0, 0.05) is 18.7 Å². The number of carbonyl (C=O) groups is 1. The summed E-state index contributed by atoms with van der Waals surface area (Å²) in [6.45, 7) is 2.69. The van der Waals surface area contributed by atoms with Crippen LogP contribution in [0.25, 0.3) is 0 Å². The average molecular weight is 258 g/mol. The lowest BCUT2D eigenvalue weighted by atomic mass is 10.2. The van der Waals surface area contributed by atoms with Crippen molar-refractivity contribution in [3.8, 4) is 0 Å². The molecule has 1 unspecified atom stereocenters. The molecule has 1 aliphatic heterocycles. The first kappa shape index (κ1) is 12.9. The Morgan fingerprint density at radius 3 is 2.78 bits per heavy atom. The van der Waals surface area contributed by atoms with Crippen LogP contribution in [0.1, 0.15) is 13.3 Å². The van der Waals surface area contributed by atoms with Gasteiger partial charge in [-0.2, -0.15) is 0 Å². The van der Waals surface area contributed by atoms with Gasteiger partial charge in [-0.1, -0.05) is 6.92 Å². The predicted octanol–water partition coefficient (Wildman–Crippen LogP) is 1.82. The maximum atomic E-state index is 13.6. The van der Waals surface area contributed by atoms with Crippen LogP contribution < -0.4 is 10.2 Å². The third kappa shape index (κ3) is 2.20. The summed E-state index contributed by atoms with van der Waals surface area (Å²) in [5.41, 5.74) is -0.335. The highest BCUT2D eigenvalue weighted by Gasteiger charge is 2.34. The summed E-state index contributed by atoms with van der Waals surface area (Å²) >= 11 is 0. The van der Waals surface area contributed by atoms with Crippen molar-refractivity contribution >= 4 is 11.6 Å². The zero-order valence-corrected chi connectivity index (χ0v) is 9.84. The molecule has 0 spiro atoms. The molecule has 1 N–H and O–H groups in total. The zero-order chi connectivity index (χ0) is 13.3. The molecular weight excluding hydrogens is 245 g/mol. The topological polar surface area (TPSA) is 32.3 Å². The molecule has 1 aromatic carbocycles. The van der Waals surface area contributed by atoms with Crippen LogP contribution in [0.5, 0.6) is 0 Å². The van der Waals surface area contributed by atoms with Crippen molar-refractivity contribution in [2.24, 2.45) is 0 Å². The van der Waals surface area contributed by atoms with Gasteiger partial charge in [0.15, 0.2) is 11.6 Å². The van der Waals surface area contributed by atoms with Crippen LogP contribution in [0, 0.1) is 17.5 Å². The van der Waals surface area contributed by atoms with Gasteiger partial charge >= 0.3 is 0 Å². The van der Waals surface area contributed by atoms with Crippen LogP contribution in [0.15, 0.2) is 12.1 Å². The second kappa shape index (κ2) is 4.97. The number of amides is 1. The van der Waals surface area contributed by atoms with E-state index in [1.54, 1.807) is 0 Å². The highest BCUT2D eigenvalue weighted by Crippen LogP contribution is 2.27. The van der Waals surface area contributed by atoms with Gasteiger partial charge in [-0.05, 0) is 13.0 Å². The van der Waals surface area contributed by atoms with Gasteiger partial charge in [0.05, 0.1) is 11.7 Å². The number of carbonyl (C=O) groups excluding carboxylic acids is 1. The van der Waals surface area contributed by atoms with Crippen molar-refractivity contribution in [3.05, 3.63) is 29.6 Å². The highest BCUT2D eigenvalue weighted by molar-refractivity contribution is 5.99. The first-order chi connectivity index (χ1) is 8.54. The van der Waals surface area contributed by atoms with E-state index in [2.05, 4.69) is 5.32 Å². The standard InChI is InChI=1S/C12H13F3N2O/c1-2-16-9-3-4-17(12(9)18)10-6-7(13)5-8(14)11(10)15/h5-6,9,16H,2-4H2,1H3. The molecule has 0 aromatic heterocycles. The Hall–Kier alpha value is -1.56. The second-order valence-corrected chi connectivity index (χ2v) is 4.11. The van der Waals surface area contributed by atoms with Crippen molar-refractivity contribution in [3.63, 3.8) is 0 Å². The summed E-state index contributed by atoms with van der Waals surface area (Å²) in [5, 5.41) is 2.94. The molecule has 3 nitrogen and oxygen atoms in total. The Kier molecular flexibility index (Phi) is 3.56. The van der Waals surface area contributed by atoms with Crippen LogP contribution >= 0.6 is 0 Å². The Morgan fingerprint density at radius 2 is 2.11 bits per heavy atom. The quantitative estimate of drug-likeness (QED) is 0.839. The van der Waals surface area contributed by atoms with E-state index >= 15 is 0 Å². The van der Waals surface area contributed by atoms with Gasteiger partial charge in [0.2, 0.25) is 5.91 Å². The van der Waals surface area contributed by atoms with Crippen molar-refractivity contribution < 1.29 is 18.0 Å².